The van der Waals surface area contributed by atoms with Crippen LogP contribution in [0.5, 0.6) is 0 Å². The molecular formula is C30H63O2PS. The fraction of sp³-hybridized carbons (Fsp3) is 1.00. The van der Waals surface area contributed by atoms with Gasteiger partial charge in [-0.15, -0.1) is 0 Å². The van der Waals surface area contributed by atoms with E-state index in [1.54, 1.807) is 0 Å². The summed E-state index contributed by atoms with van der Waals surface area (Å²) in [5.74, 6) is 3.75. The molecule has 2 nitrogen and oxygen atoms in total. The Kier molecular flexibility index (Phi) is 27.3. The minimum absolute atomic E-state index is 0.753. The Bertz CT molecular complexity index is 333. The minimum Gasteiger partial charge on any atom is -0.326 e. The van der Waals surface area contributed by atoms with Crippen LogP contribution >= 0.6 is 19.0 Å². The van der Waals surface area contributed by atoms with Crippen molar-refractivity contribution in [3.05, 3.63) is 0 Å². The van der Waals surface area contributed by atoms with E-state index in [4.69, 9.17) is 9.05 Å². The van der Waals surface area contributed by atoms with Crippen molar-refractivity contribution in [1.82, 2.24) is 0 Å². The summed E-state index contributed by atoms with van der Waals surface area (Å²) in [6, 6.07) is 0. The van der Waals surface area contributed by atoms with Gasteiger partial charge in [0.25, 0.3) is 0 Å². The summed E-state index contributed by atoms with van der Waals surface area (Å²) in [6.07, 6.45) is 24.2. The van der Waals surface area contributed by atoms with Gasteiger partial charge in [-0.25, -0.2) is 0 Å². The first kappa shape index (κ1) is 34.7. The minimum atomic E-state index is -0.753. The molecule has 0 aliphatic rings. The van der Waals surface area contributed by atoms with Crippen molar-refractivity contribution >= 4 is 19.0 Å². The van der Waals surface area contributed by atoms with Gasteiger partial charge in [-0.05, 0) is 37.0 Å². The Hall–Kier alpha value is 0.700. The molecule has 0 aliphatic carbocycles. The third kappa shape index (κ3) is 28.9. The van der Waals surface area contributed by atoms with Crippen LogP contribution < -0.4 is 0 Å². The van der Waals surface area contributed by atoms with Gasteiger partial charge >= 0.3 is 0 Å². The summed E-state index contributed by atoms with van der Waals surface area (Å²) in [7, 11) is -0.753. The third-order valence-corrected chi connectivity index (χ3v) is 9.65. The molecule has 0 aliphatic heterocycles. The van der Waals surface area contributed by atoms with Crippen molar-refractivity contribution in [3.63, 3.8) is 0 Å². The largest absolute Gasteiger partial charge is 0.326 e. The molecule has 206 valence electrons. The van der Waals surface area contributed by atoms with E-state index in [1.807, 2.05) is 11.4 Å². The molecule has 0 unspecified atom stereocenters. The molecule has 0 radical (unpaired) electrons. The molecule has 0 bridgehead atoms. The van der Waals surface area contributed by atoms with Crippen LogP contribution in [0.2, 0.25) is 0 Å². The lowest BCUT2D eigenvalue weighted by Gasteiger charge is -2.17. The fourth-order valence-electron chi connectivity index (χ4n) is 4.08. The molecule has 0 N–H and O–H groups in total. The van der Waals surface area contributed by atoms with Crippen molar-refractivity contribution in [1.29, 1.82) is 0 Å². The van der Waals surface area contributed by atoms with Crippen LogP contribution in [0.3, 0.4) is 0 Å². The average Bonchev–Trinajstić information content (AvgIpc) is 2.77. The molecule has 0 aromatic heterocycles. The molecule has 0 aromatic rings. The zero-order valence-electron chi connectivity index (χ0n) is 24.3. The maximum Gasteiger partial charge on any atom is 0.238 e. The van der Waals surface area contributed by atoms with Crippen LogP contribution in [0.1, 0.15) is 157 Å². The monoisotopic (exact) mass is 518 g/mol. The van der Waals surface area contributed by atoms with E-state index in [2.05, 4.69) is 41.5 Å². The molecule has 0 saturated heterocycles. The second kappa shape index (κ2) is 26.8. The highest BCUT2D eigenvalue weighted by Gasteiger charge is 2.11. The van der Waals surface area contributed by atoms with Gasteiger partial charge in [0.2, 0.25) is 7.58 Å². The van der Waals surface area contributed by atoms with Gasteiger partial charge in [0.15, 0.2) is 0 Å². The van der Waals surface area contributed by atoms with Gasteiger partial charge in [0.1, 0.15) is 0 Å². The highest BCUT2D eigenvalue weighted by Crippen LogP contribution is 2.52. The van der Waals surface area contributed by atoms with Crippen molar-refractivity contribution in [2.75, 3.05) is 19.0 Å². The fourth-order valence-corrected chi connectivity index (χ4v) is 7.08. The van der Waals surface area contributed by atoms with Crippen molar-refractivity contribution in [2.45, 2.75) is 157 Å². The van der Waals surface area contributed by atoms with E-state index in [0.29, 0.717) is 0 Å². The number of hydrogen-bond acceptors (Lipinski definition) is 3. The van der Waals surface area contributed by atoms with Crippen LogP contribution in [0, 0.1) is 17.8 Å². The summed E-state index contributed by atoms with van der Waals surface area (Å²) in [5, 5.41) is 0. The third-order valence-electron chi connectivity index (χ3n) is 6.37. The number of hydrogen-bond donors (Lipinski definition) is 0. The average molecular weight is 519 g/mol. The van der Waals surface area contributed by atoms with Crippen LogP contribution in [-0.4, -0.2) is 19.0 Å². The predicted molar refractivity (Wildman–Crippen MR) is 159 cm³/mol. The molecule has 0 rings (SSSR count). The van der Waals surface area contributed by atoms with E-state index in [0.717, 1.165) is 31.0 Å². The summed E-state index contributed by atoms with van der Waals surface area (Å²) >= 11 is 1.96. The summed E-state index contributed by atoms with van der Waals surface area (Å²) in [5.41, 5.74) is 0. The molecule has 0 fully saturated rings. The topological polar surface area (TPSA) is 18.5 Å². The normalized spacial score (nSPS) is 12.2. The molecule has 0 spiro atoms. The summed E-state index contributed by atoms with van der Waals surface area (Å²) < 4.78 is 12.5. The molecule has 0 atom stereocenters. The second-order valence-electron chi connectivity index (χ2n) is 11.6. The molecular weight excluding hydrogens is 455 g/mol. The molecule has 34 heavy (non-hydrogen) atoms. The first-order valence-corrected chi connectivity index (χ1v) is 17.9. The van der Waals surface area contributed by atoms with Gasteiger partial charge in [-0.1, -0.05) is 149 Å². The lowest BCUT2D eigenvalue weighted by molar-refractivity contribution is 0.251. The lowest BCUT2D eigenvalue weighted by atomic mass is 10.0. The van der Waals surface area contributed by atoms with E-state index in [1.165, 1.54) is 121 Å². The van der Waals surface area contributed by atoms with Gasteiger partial charge in [-0.3, -0.25) is 0 Å². The maximum atomic E-state index is 6.24. The van der Waals surface area contributed by atoms with Crippen LogP contribution in [0.4, 0.5) is 0 Å². The first-order valence-electron chi connectivity index (χ1n) is 15.1. The van der Waals surface area contributed by atoms with Crippen LogP contribution in [0.25, 0.3) is 0 Å². The van der Waals surface area contributed by atoms with E-state index < -0.39 is 7.58 Å². The van der Waals surface area contributed by atoms with Crippen LogP contribution in [0.15, 0.2) is 0 Å². The second-order valence-corrected chi connectivity index (χ2v) is 14.9. The SMILES string of the molecule is CC(C)CCCCCCCOP(OCCCCCCCC(C)C)SCCCCCCCC(C)C. The predicted octanol–water partition coefficient (Wildman–Crippen LogP) is 12.0. The summed E-state index contributed by atoms with van der Waals surface area (Å²) in [6.45, 7) is 15.7. The smallest absolute Gasteiger partial charge is 0.238 e. The quantitative estimate of drug-likeness (QED) is 0.0795. The van der Waals surface area contributed by atoms with Crippen molar-refractivity contribution < 1.29 is 9.05 Å². The maximum absolute atomic E-state index is 6.24. The molecule has 0 amide bonds. The standard InChI is InChI=1S/C30H63O2PS/c1-28(2)22-16-10-7-13-19-25-31-33(32-26-20-14-8-11-17-23-29(3)4)34-27-21-15-9-12-18-24-30(5)6/h28-30H,7-27H2,1-6H3. The molecule has 0 saturated carbocycles. The molecule has 0 aromatic carbocycles. The Morgan fingerprint density at radius 2 is 0.765 bits per heavy atom. The summed E-state index contributed by atoms with van der Waals surface area (Å²) in [4.78, 5) is 0. The molecule has 0 heterocycles. The lowest BCUT2D eigenvalue weighted by Crippen LogP contribution is -1.96. The van der Waals surface area contributed by atoms with Gasteiger partial charge in [-0.2, -0.15) is 0 Å². The highest BCUT2D eigenvalue weighted by molar-refractivity contribution is 8.52. The van der Waals surface area contributed by atoms with E-state index in [9.17, 15) is 0 Å². The van der Waals surface area contributed by atoms with Crippen LogP contribution in [-0.2, 0) is 9.05 Å². The zero-order valence-corrected chi connectivity index (χ0v) is 26.0. The Labute approximate surface area is 221 Å². The van der Waals surface area contributed by atoms with Gasteiger partial charge in [0, 0.05) is 5.75 Å². The first-order chi connectivity index (χ1) is 16.4. The number of unbranched alkanes of at least 4 members (excludes halogenated alkanes) is 12. The van der Waals surface area contributed by atoms with E-state index in [-0.39, 0.29) is 0 Å². The Morgan fingerprint density at radius 3 is 1.15 bits per heavy atom. The van der Waals surface area contributed by atoms with Gasteiger partial charge < -0.3 is 9.05 Å². The highest BCUT2D eigenvalue weighted by atomic mass is 32.7. The van der Waals surface area contributed by atoms with Crippen molar-refractivity contribution in [2.24, 2.45) is 17.8 Å². The Morgan fingerprint density at radius 1 is 0.441 bits per heavy atom. The van der Waals surface area contributed by atoms with E-state index >= 15 is 0 Å². The Balaban J connectivity index is 3.91. The molecule has 4 heteroatoms. The zero-order chi connectivity index (χ0) is 25.3. The van der Waals surface area contributed by atoms with Gasteiger partial charge in [0.05, 0.1) is 13.2 Å². The number of rotatable bonds is 27. The van der Waals surface area contributed by atoms with Crippen molar-refractivity contribution in [3.8, 4) is 0 Å².